The lowest BCUT2D eigenvalue weighted by molar-refractivity contribution is -0.424. The number of hydrogen-bond donors (Lipinski definition) is 2. The van der Waals surface area contributed by atoms with E-state index in [1.54, 1.807) is 6.08 Å². The third-order valence-corrected chi connectivity index (χ3v) is 3.12. The first-order valence-electron chi connectivity index (χ1n) is 6.46. The fraction of sp³-hybridized carbons (Fsp3) is 0.692. The van der Waals surface area contributed by atoms with Crippen molar-refractivity contribution in [1.82, 2.24) is 10.4 Å². The summed E-state index contributed by atoms with van der Waals surface area (Å²) in [6, 6.07) is 0. The van der Waals surface area contributed by atoms with E-state index in [1.165, 1.54) is 13.0 Å². The first-order chi connectivity index (χ1) is 8.74. The van der Waals surface area contributed by atoms with Crippen LogP contribution in [0.15, 0.2) is 23.4 Å². The molecule has 6 heteroatoms. The summed E-state index contributed by atoms with van der Waals surface area (Å²) in [4.78, 5) is 9.62. The van der Waals surface area contributed by atoms with E-state index in [0.29, 0.717) is 0 Å². The quantitative estimate of drug-likeness (QED) is 0.352. The molecule has 1 aliphatic heterocycles. The number of nitrogens with zero attached hydrogens (tertiary/aromatic N) is 1. The van der Waals surface area contributed by atoms with E-state index in [9.17, 15) is 10.1 Å². The van der Waals surface area contributed by atoms with Crippen molar-refractivity contribution in [3.05, 3.63) is 33.5 Å². The van der Waals surface area contributed by atoms with Gasteiger partial charge in [-0.05, 0) is 36.4 Å². The molecular formula is C13H28N3O2P. The predicted molar refractivity (Wildman–Crippen MR) is 85.1 cm³/mol. The van der Waals surface area contributed by atoms with Crippen molar-refractivity contribution in [3.8, 4) is 0 Å². The Labute approximate surface area is 118 Å². The van der Waals surface area contributed by atoms with Gasteiger partial charge in [0.05, 0.1) is 10.6 Å². The van der Waals surface area contributed by atoms with Crippen LogP contribution in [0.5, 0.6) is 0 Å². The van der Waals surface area contributed by atoms with Gasteiger partial charge in [0.2, 0.25) is 5.70 Å². The van der Waals surface area contributed by atoms with Crippen LogP contribution >= 0.6 is 8.73 Å². The van der Waals surface area contributed by atoms with Crippen LogP contribution in [0, 0.1) is 10.1 Å². The highest BCUT2D eigenvalue weighted by molar-refractivity contribution is 7.35. The molecule has 1 heterocycles. The number of rotatable bonds is 2. The molecule has 1 rings (SSSR count). The van der Waals surface area contributed by atoms with Crippen LogP contribution in [0.1, 0.15) is 48.5 Å². The number of nitrogens with one attached hydrogen (secondary N) is 2. The lowest BCUT2D eigenvalue weighted by Crippen LogP contribution is -2.41. The van der Waals surface area contributed by atoms with Gasteiger partial charge in [0, 0.05) is 19.3 Å². The summed E-state index contributed by atoms with van der Waals surface area (Å²) in [5.74, 6) is 0. The largest absolute Gasteiger partial charge is 0.295 e. The Balaban J connectivity index is 0. The Hall–Kier alpha value is -0.770. The molecule has 1 saturated heterocycles. The molecule has 1 atom stereocenters. The molecular weight excluding hydrogens is 261 g/mol. The normalized spacial score (nSPS) is 17.7. The molecule has 0 aromatic heterocycles. The molecule has 0 radical (unpaired) electrons. The summed E-state index contributed by atoms with van der Waals surface area (Å²) < 4.78 is 0. The third-order valence-electron chi connectivity index (χ3n) is 1.97. The van der Waals surface area contributed by atoms with E-state index in [2.05, 4.69) is 24.3 Å². The maximum atomic E-state index is 10.0. The van der Waals surface area contributed by atoms with E-state index in [1.807, 2.05) is 27.7 Å². The fourth-order valence-electron chi connectivity index (χ4n) is 0.923. The van der Waals surface area contributed by atoms with Gasteiger partial charge in [-0.25, -0.2) is 0 Å². The predicted octanol–water partition coefficient (Wildman–Crippen LogP) is 3.63. The summed E-state index contributed by atoms with van der Waals surface area (Å²) in [6.45, 7) is 13.5. The zero-order valence-corrected chi connectivity index (χ0v) is 14.1. The lowest BCUT2D eigenvalue weighted by Gasteiger charge is -2.16. The van der Waals surface area contributed by atoms with Gasteiger partial charge in [-0.3, -0.25) is 20.5 Å². The molecule has 1 aliphatic rings. The molecule has 0 amide bonds. The maximum absolute atomic E-state index is 10.0. The second kappa shape index (κ2) is 11.1. The van der Waals surface area contributed by atoms with Gasteiger partial charge in [0.15, 0.2) is 0 Å². The summed E-state index contributed by atoms with van der Waals surface area (Å²) in [7, 11) is 0.899. The van der Waals surface area contributed by atoms with E-state index in [-0.39, 0.29) is 11.4 Å². The van der Waals surface area contributed by atoms with E-state index >= 15 is 0 Å². The smallest absolute Gasteiger partial charge is 0.243 e. The minimum Gasteiger partial charge on any atom is -0.295 e. The first kappa shape index (κ1) is 20.5. The summed E-state index contributed by atoms with van der Waals surface area (Å²) in [5.41, 5.74) is 1.43. The Morgan fingerprint density at radius 3 is 2.00 bits per heavy atom. The topological polar surface area (TPSA) is 67.2 Å². The average molecular weight is 289 g/mol. The zero-order valence-electron chi connectivity index (χ0n) is 13.1. The van der Waals surface area contributed by atoms with Crippen molar-refractivity contribution in [1.29, 1.82) is 0 Å². The maximum Gasteiger partial charge on any atom is 0.243 e. The highest BCUT2D eigenvalue weighted by Gasteiger charge is 2.19. The SMILES string of the molecule is CC.CC(C)=C/C=C(\C)[N+](=O)[O-].CC1(C)NCPN1. The first-order valence-corrected chi connectivity index (χ1v) is 7.66. The van der Waals surface area contributed by atoms with Crippen LogP contribution in [0.4, 0.5) is 0 Å². The molecule has 1 unspecified atom stereocenters. The van der Waals surface area contributed by atoms with Gasteiger partial charge < -0.3 is 0 Å². The average Bonchev–Trinajstić information content (AvgIpc) is 2.74. The van der Waals surface area contributed by atoms with E-state index < -0.39 is 4.92 Å². The summed E-state index contributed by atoms with van der Waals surface area (Å²) >= 11 is 0. The van der Waals surface area contributed by atoms with Crippen molar-refractivity contribution in [2.45, 2.75) is 54.1 Å². The van der Waals surface area contributed by atoms with Crippen LogP contribution in [-0.2, 0) is 0 Å². The minimum absolute atomic E-state index is 0.168. The number of hydrogen-bond acceptors (Lipinski definition) is 4. The Morgan fingerprint density at radius 1 is 1.26 bits per heavy atom. The highest BCUT2D eigenvalue weighted by atomic mass is 31.1. The van der Waals surface area contributed by atoms with Gasteiger partial charge in [0.1, 0.15) is 0 Å². The van der Waals surface area contributed by atoms with Gasteiger partial charge in [-0.2, -0.15) is 0 Å². The molecule has 1 fully saturated rings. The van der Waals surface area contributed by atoms with Crippen LogP contribution in [-0.4, -0.2) is 16.9 Å². The van der Waals surface area contributed by atoms with Crippen molar-refractivity contribution in [2.24, 2.45) is 0 Å². The molecule has 0 aliphatic carbocycles. The molecule has 0 bridgehead atoms. The number of nitro groups is 1. The second-order valence-electron chi connectivity index (χ2n) is 4.59. The van der Waals surface area contributed by atoms with Crippen molar-refractivity contribution in [2.75, 3.05) is 6.29 Å². The van der Waals surface area contributed by atoms with Crippen LogP contribution in [0.2, 0.25) is 0 Å². The Kier molecular flexibility index (Phi) is 12.0. The molecule has 0 aromatic rings. The fourth-order valence-corrected chi connectivity index (χ4v) is 2.07. The van der Waals surface area contributed by atoms with Crippen molar-refractivity contribution in [3.63, 3.8) is 0 Å². The van der Waals surface area contributed by atoms with E-state index in [0.717, 1.165) is 20.6 Å². The summed E-state index contributed by atoms with van der Waals surface area (Å²) in [5, 5.41) is 16.6. The van der Waals surface area contributed by atoms with E-state index in [4.69, 9.17) is 0 Å². The van der Waals surface area contributed by atoms with Crippen molar-refractivity contribution < 1.29 is 4.92 Å². The monoisotopic (exact) mass is 289 g/mol. The lowest BCUT2D eigenvalue weighted by atomic mass is 10.3. The third kappa shape index (κ3) is 13.5. The zero-order chi connectivity index (χ0) is 15.5. The van der Waals surface area contributed by atoms with Gasteiger partial charge in [-0.1, -0.05) is 25.5 Å². The van der Waals surface area contributed by atoms with Crippen LogP contribution in [0.3, 0.4) is 0 Å². The molecule has 0 spiro atoms. The van der Waals surface area contributed by atoms with Gasteiger partial charge in [0.25, 0.3) is 0 Å². The molecule has 0 aromatic carbocycles. The molecule has 112 valence electrons. The number of allylic oxidation sites excluding steroid dienone is 4. The molecule has 19 heavy (non-hydrogen) atoms. The molecule has 0 saturated carbocycles. The molecule has 5 nitrogen and oxygen atoms in total. The second-order valence-corrected chi connectivity index (χ2v) is 5.55. The highest BCUT2D eigenvalue weighted by Crippen LogP contribution is 2.16. The minimum atomic E-state index is -0.403. The van der Waals surface area contributed by atoms with Crippen molar-refractivity contribution >= 4 is 8.73 Å². The van der Waals surface area contributed by atoms with Gasteiger partial charge >= 0.3 is 0 Å². The van der Waals surface area contributed by atoms with Gasteiger partial charge in [-0.15, -0.1) is 0 Å². The van der Waals surface area contributed by atoms with Crippen LogP contribution in [0.25, 0.3) is 0 Å². The van der Waals surface area contributed by atoms with Crippen LogP contribution < -0.4 is 10.4 Å². The standard InChI is InChI=1S/C7H11NO2.C4H11N2P.C2H6/c1-6(2)4-5-7(3)8(9)10;1-4(2)5-3-7-6-4;1-2/h4-5H,1-3H3;5-7H,3H2,1-2H3;1-2H3/b7-5+;;. The Morgan fingerprint density at radius 2 is 1.79 bits per heavy atom. The summed E-state index contributed by atoms with van der Waals surface area (Å²) in [6.07, 6.45) is 4.35. The Bertz CT molecular complexity index is 314. The molecule has 2 N–H and O–H groups in total.